The molecule has 1 aliphatic heterocycles. The number of hydrogen-bond acceptors (Lipinski definition) is 3. The van der Waals surface area contributed by atoms with Gasteiger partial charge in [-0.2, -0.15) is 0 Å². The van der Waals surface area contributed by atoms with E-state index in [2.05, 4.69) is 24.9 Å². The molecule has 0 bridgehead atoms. The summed E-state index contributed by atoms with van der Waals surface area (Å²) in [5, 5.41) is 2.74. The number of carbonyl (C=O) groups excluding carboxylic acids is 2. The van der Waals surface area contributed by atoms with Crippen LogP contribution >= 0.6 is 0 Å². The average Bonchev–Trinajstić information content (AvgIpc) is 2.72. The second kappa shape index (κ2) is 9.22. The van der Waals surface area contributed by atoms with Crippen LogP contribution in [0.2, 0.25) is 0 Å². The summed E-state index contributed by atoms with van der Waals surface area (Å²) in [7, 11) is 0. The van der Waals surface area contributed by atoms with Crippen molar-refractivity contribution in [3.05, 3.63) is 77.9 Å². The van der Waals surface area contributed by atoms with Crippen LogP contribution in [-0.4, -0.2) is 35.9 Å². The Bertz CT molecular complexity index is 848. The highest BCUT2D eigenvalue weighted by Crippen LogP contribution is 2.29. The highest BCUT2D eigenvalue weighted by Gasteiger charge is 2.30. The number of nitrogens with one attached hydrogen (secondary N) is 1. The molecule has 2 aromatic carbocycles. The fourth-order valence-corrected chi connectivity index (χ4v) is 3.35. The zero-order chi connectivity index (χ0) is 19.9. The highest BCUT2D eigenvalue weighted by molar-refractivity contribution is 5.87. The summed E-state index contributed by atoms with van der Waals surface area (Å²) in [4.78, 5) is 26.4. The number of aryl methyl sites for hydroxylation is 2. The minimum atomic E-state index is -0.506. The molecule has 1 N–H and O–H groups in total. The van der Waals surface area contributed by atoms with Gasteiger partial charge in [0, 0.05) is 19.6 Å². The minimum Gasteiger partial charge on any atom is -0.480 e. The number of amides is 2. The van der Waals surface area contributed by atoms with E-state index in [0.717, 1.165) is 23.3 Å². The number of rotatable bonds is 7. The van der Waals surface area contributed by atoms with Crippen LogP contribution < -0.4 is 10.1 Å². The third kappa shape index (κ3) is 5.00. The Kier molecular flexibility index (Phi) is 6.48. The van der Waals surface area contributed by atoms with Crippen LogP contribution in [0.15, 0.2) is 61.2 Å². The van der Waals surface area contributed by atoms with E-state index in [0.29, 0.717) is 26.1 Å². The molecule has 1 unspecified atom stereocenters. The van der Waals surface area contributed by atoms with Gasteiger partial charge in [-0.15, -0.1) is 0 Å². The van der Waals surface area contributed by atoms with Crippen molar-refractivity contribution in [2.45, 2.75) is 32.4 Å². The van der Waals surface area contributed by atoms with Gasteiger partial charge in [0.15, 0.2) is 6.10 Å². The summed E-state index contributed by atoms with van der Waals surface area (Å²) in [6.07, 6.45) is 2.19. The molecule has 0 aromatic heterocycles. The molecule has 1 atom stereocenters. The van der Waals surface area contributed by atoms with E-state index in [9.17, 15) is 9.59 Å². The SMILES string of the molecule is C=CC(=O)NCCN(Cc1ccccc1)C(=O)C1CCc2cc(C)ccc2O1. The third-order valence-electron chi connectivity index (χ3n) is 4.83. The molecule has 0 saturated heterocycles. The Morgan fingerprint density at radius 2 is 2.04 bits per heavy atom. The average molecular weight is 378 g/mol. The van der Waals surface area contributed by atoms with Gasteiger partial charge < -0.3 is 15.0 Å². The molecule has 0 fully saturated rings. The lowest BCUT2D eigenvalue weighted by molar-refractivity contribution is -0.140. The molecule has 5 nitrogen and oxygen atoms in total. The molecule has 2 amide bonds. The van der Waals surface area contributed by atoms with E-state index < -0.39 is 6.10 Å². The molecule has 1 heterocycles. The summed E-state index contributed by atoms with van der Waals surface area (Å²) in [6, 6.07) is 15.9. The van der Waals surface area contributed by atoms with E-state index in [1.54, 1.807) is 4.90 Å². The first kappa shape index (κ1) is 19.7. The third-order valence-corrected chi connectivity index (χ3v) is 4.83. The normalized spacial score (nSPS) is 15.1. The standard InChI is InChI=1S/C23H26N2O3/c1-3-22(26)24-13-14-25(16-18-7-5-4-6-8-18)23(27)21-12-10-19-15-17(2)9-11-20(19)28-21/h3-9,11,15,21H,1,10,12-14,16H2,2H3,(H,24,26). The van der Waals surface area contributed by atoms with Gasteiger partial charge in [-0.1, -0.05) is 54.6 Å². The smallest absolute Gasteiger partial charge is 0.264 e. The van der Waals surface area contributed by atoms with E-state index in [1.165, 1.54) is 11.6 Å². The van der Waals surface area contributed by atoms with Crippen LogP contribution in [-0.2, 0) is 22.6 Å². The summed E-state index contributed by atoms with van der Waals surface area (Å²) in [5.74, 6) is 0.489. The number of carbonyl (C=O) groups is 2. The monoisotopic (exact) mass is 378 g/mol. The quantitative estimate of drug-likeness (QED) is 0.754. The maximum Gasteiger partial charge on any atom is 0.264 e. The maximum atomic E-state index is 13.2. The highest BCUT2D eigenvalue weighted by atomic mass is 16.5. The lowest BCUT2D eigenvalue weighted by Gasteiger charge is -2.31. The lowest BCUT2D eigenvalue weighted by atomic mass is 9.99. The zero-order valence-electron chi connectivity index (χ0n) is 16.2. The van der Waals surface area contributed by atoms with Crippen molar-refractivity contribution in [3.8, 4) is 5.75 Å². The van der Waals surface area contributed by atoms with Crippen LogP contribution in [0.5, 0.6) is 5.75 Å². The topological polar surface area (TPSA) is 58.6 Å². The molecule has 0 spiro atoms. The molecule has 5 heteroatoms. The van der Waals surface area contributed by atoms with Crippen LogP contribution in [0.25, 0.3) is 0 Å². The molecular formula is C23H26N2O3. The van der Waals surface area contributed by atoms with E-state index >= 15 is 0 Å². The number of benzene rings is 2. The first-order chi connectivity index (χ1) is 13.6. The molecule has 0 saturated carbocycles. The minimum absolute atomic E-state index is 0.0528. The Labute approximate surface area is 166 Å². The van der Waals surface area contributed by atoms with E-state index in [1.807, 2.05) is 42.5 Å². The van der Waals surface area contributed by atoms with Gasteiger partial charge in [0.1, 0.15) is 5.75 Å². The zero-order valence-corrected chi connectivity index (χ0v) is 16.2. The molecule has 0 aliphatic carbocycles. The fourth-order valence-electron chi connectivity index (χ4n) is 3.35. The van der Waals surface area contributed by atoms with Crippen LogP contribution in [0.1, 0.15) is 23.1 Å². The summed E-state index contributed by atoms with van der Waals surface area (Å²) in [6.45, 7) is 6.76. The molecule has 28 heavy (non-hydrogen) atoms. The first-order valence-electron chi connectivity index (χ1n) is 9.56. The van der Waals surface area contributed by atoms with Crippen LogP contribution in [0.3, 0.4) is 0 Å². The van der Waals surface area contributed by atoms with Crippen molar-refractivity contribution in [1.82, 2.24) is 10.2 Å². The molecular weight excluding hydrogens is 352 g/mol. The lowest BCUT2D eigenvalue weighted by Crippen LogP contribution is -2.45. The Morgan fingerprint density at radius 3 is 2.79 bits per heavy atom. The van der Waals surface area contributed by atoms with Gasteiger partial charge in [0.2, 0.25) is 5.91 Å². The van der Waals surface area contributed by atoms with Gasteiger partial charge in [-0.05, 0) is 43.0 Å². The van der Waals surface area contributed by atoms with Gasteiger partial charge in [0.25, 0.3) is 5.91 Å². The van der Waals surface area contributed by atoms with Crippen molar-refractivity contribution in [3.63, 3.8) is 0 Å². The number of hydrogen-bond donors (Lipinski definition) is 1. The molecule has 0 radical (unpaired) electrons. The molecule has 3 rings (SSSR count). The van der Waals surface area contributed by atoms with Gasteiger partial charge in [0.05, 0.1) is 0 Å². The predicted octanol–water partition coefficient (Wildman–Crippen LogP) is 3.02. The fraction of sp³-hybridized carbons (Fsp3) is 0.304. The van der Waals surface area contributed by atoms with Crippen molar-refractivity contribution in [2.24, 2.45) is 0 Å². The summed E-state index contributed by atoms with van der Waals surface area (Å²) in [5.41, 5.74) is 3.38. The second-order valence-corrected chi connectivity index (χ2v) is 7.00. The maximum absolute atomic E-state index is 13.2. The van der Waals surface area contributed by atoms with Crippen LogP contribution in [0.4, 0.5) is 0 Å². The largest absolute Gasteiger partial charge is 0.480 e. The van der Waals surface area contributed by atoms with Gasteiger partial charge in [-0.3, -0.25) is 9.59 Å². The number of fused-ring (bicyclic) bond motifs is 1. The van der Waals surface area contributed by atoms with E-state index in [4.69, 9.17) is 4.74 Å². The summed E-state index contributed by atoms with van der Waals surface area (Å²) < 4.78 is 6.02. The molecule has 146 valence electrons. The van der Waals surface area contributed by atoms with Gasteiger partial charge in [-0.25, -0.2) is 0 Å². The molecule has 1 aliphatic rings. The summed E-state index contributed by atoms with van der Waals surface area (Å²) >= 11 is 0. The number of ether oxygens (including phenoxy) is 1. The van der Waals surface area contributed by atoms with Crippen LogP contribution in [0, 0.1) is 6.92 Å². The Morgan fingerprint density at radius 1 is 1.25 bits per heavy atom. The van der Waals surface area contributed by atoms with Gasteiger partial charge >= 0.3 is 0 Å². The Balaban J connectivity index is 1.70. The second-order valence-electron chi connectivity index (χ2n) is 7.00. The Hall–Kier alpha value is -3.08. The molecule has 2 aromatic rings. The van der Waals surface area contributed by atoms with Crippen molar-refractivity contribution < 1.29 is 14.3 Å². The van der Waals surface area contributed by atoms with E-state index in [-0.39, 0.29) is 11.8 Å². The first-order valence-corrected chi connectivity index (χ1v) is 9.56. The predicted molar refractivity (Wildman–Crippen MR) is 109 cm³/mol. The van der Waals surface area contributed by atoms with Crippen molar-refractivity contribution in [1.29, 1.82) is 0 Å². The van der Waals surface area contributed by atoms with Crippen molar-refractivity contribution in [2.75, 3.05) is 13.1 Å². The van der Waals surface area contributed by atoms with Crippen molar-refractivity contribution >= 4 is 11.8 Å². The number of nitrogens with zero attached hydrogens (tertiary/aromatic N) is 1.